The van der Waals surface area contributed by atoms with Crippen LogP contribution in [-0.4, -0.2) is 61.4 Å². The average molecular weight is 360 g/mol. The average Bonchev–Trinajstić information content (AvgIpc) is 2.65. The molecule has 8 nitrogen and oxygen atoms in total. The number of ether oxygens (including phenoxy) is 3. The molecule has 0 aliphatic carbocycles. The summed E-state index contributed by atoms with van der Waals surface area (Å²) in [6.45, 7) is 3.45. The molecule has 26 heavy (non-hydrogen) atoms. The third-order valence-electron chi connectivity index (χ3n) is 3.58. The van der Waals surface area contributed by atoms with Crippen LogP contribution < -0.4 is 9.47 Å². The number of carboxylic acid groups (broad SMARTS) is 1. The van der Waals surface area contributed by atoms with E-state index in [2.05, 4.69) is 0 Å². The van der Waals surface area contributed by atoms with E-state index in [0.29, 0.717) is 44.2 Å². The molecule has 0 unspecified atom stereocenters. The number of carbonyl (C=O) groups excluding carboxylic acids is 1. The van der Waals surface area contributed by atoms with Crippen LogP contribution in [0.4, 0.5) is 0 Å². The molecule has 138 valence electrons. The first-order valence-corrected chi connectivity index (χ1v) is 8.15. The molecule has 1 amide bonds. The Bertz CT molecular complexity index is 732. The molecular formula is C18H20N2O6. The van der Waals surface area contributed by atoms with Gasteiger partial charge < -0.3 is 24.2 Å². The van der Waals surface area contributed by atoms with Gasteiger partial charge in [-0.3, -0.25) is 4.79 Å². The molecule has 0 saturated carbocycles. The number of nitrogens with zero attached hydrogens (tertiary/aromatic N) is 2. The number of hydrogen-bond acceptors (Lipinski definition) is 6. The van der Waals surface area contributed by atoms with Crippen LogP contribution in [0.25, 0.3) is 6.08 Å². The van der Waals surface area contributed by atoms with E-state index in [-0.39, 0.29) is 17.2 Å². The molecular weight excluding hydrogens is 340 g/mol. The zero-order valence-electron chi connectivity index (χ0n) is 14.4. The zero-order valence-corrected chi connectivity index (χ0v) is 14.4. The van der Waals surface area contributed by atoms with Crippen molar-refractivity contribution in [3.63, 3.8) is 0 Å². The summed E-state index contributed by atoms with van der Waals surface area (Å²) in [5, 5.41) is 18.1. The van der Waals surface area contributed by atoms with Gasteiger partial charge in [-0.15, -0.1) is 0 Å². The Hall–Kier alpha value is -3.05. The van der Waals surface area contributed by atoms with Crippen molar-refractivity contribution in [2.45, 2.75) is 6.92 Å². The molecule has 1 fully saturated rings. The molecule has 1 aromatic rings. The second-order valence-corrected chi connectivity index (χ2v) is 5.40. The number of amides is 1. The Morgan fingerprint density at radius 3 is 2.65 bits per heavy atom. The summed E-state index contributed by atoms with van der Waals surface area (Å²) >= 11 is 0. The van der Waals surface area contributed by atoms with Crippen LogP contribution in [0.2, 0.25) is 0 Å². The first kappa shape index (κ1) is 19.3. The Labute approximate surface area is 151 Å². The second-order valence-electron chi connectivity index (χ2n) is 5.40. The number of rotatable bonds is 7. The van der Waals surface area contributed by atoms with Crippen molar-refractivity contribution in [2.75, 3.05) is 39.5 Å². The smallest absolute Gasteiger partial charge is 0.341 e. The lowest BCUT2D eigenvalue weighted by Gasteiger charge is -2.26. The maximum absolute atomic E-state index is 12.4. The molecule has 8 heteroatoms. The summed E-state index contributed by atoms with van der Waals surface area (Å²) in [5.74, 6) is -0.817. The first-order chi connectivity index (χ1) is 12.5. The van der Waals surface area contributed by atoms with Crippen LogP contribution in [0.3, 0.4) is 0 Å². The van der Waals surface area contributed by atoms with Gasteiger partial charge in [0.15, 0.2) is 18.1 Å². The van der Waals surface area contributed by atoms with Crippen LogP contribution in [0.15, 0.2) is 23.8 Å². The quantitative estimate of drug-likeness (QED) is 0.577. The van der Waals surface area contributed by atoms with E-state index in [0.717, 1.165) is 0 Å². The van der Waals surface area contributed by atoms with E-state index in [1.54, 1.807) is 30.0 Å². The van der Waals surface area contributed by atoms with Gasteiger partial charge in [0.2, 0.25) is 0 Å². The molecule has 1 heterocycles. The first-order valence-electron chi connectivity index (χ1n) is 8.15. The zero-order chi connectivity index (χ0) is 18.9. The third-order valence-corrected chi connectivity index (χ3v) is 3.58. The fourth-order valence-electron chi connectivity index (χ4n) is 2.39. The van der Waals surface area contributed by atoms with Gasteiger partial charge in [-0.2, -0.15) is 5.26 Å². The van der Waals surface area contributed by atoms with Gasteiger partial charge in [-0.05, 0) is 30.7 Å². The topological polar surface area (TPSA) is 109 Å². The van der Waals surface area contributed by atoms with Gasteiger partial charge in [0, 0.05) is 13.1 Å². The van der Waals surface area contributed by atoms with E-state index in [1.165, 1.54) is 6.08 Å². The van der Waals surface area contributed by atoms with Crippen LogP contribution in [0, 0.1) is 11.3 Å². The maximum atomic E-state index is 12.4. The number of carboxylic acids is 1. The molecule has 0 bridgehead atoms. The fraction of sp³-hybridized carbons (Fsp3) is 0.389. The predicted molar refractivity (Wildman–Crippen MR) is 91.7 cm³/mol. The standard InChI is InChI=1S/C18H20N2O6/c1-2-25-16-10-13(3-4-15(16)26-12-17(21)22)9-14(11-19)18(23)20-5-7-24-8-6-20/h3-4,9-10H,2,5-8,12H2,1H3,(H,21,22). The van der Waals surface area contributed by atoms with Crippen LogP contribution in [-0.2, 0) is 14.3 Å². The highest BCUT2D eigenvalue weighted by molar-refractivity contribution is 6.01. The summed E-state index contributed by atoms with van der Waals surface area (Å²) in [6, 6.07) is 6.71. The highest BCUT2D eigenvalue weighted by atomic mass is 16.5. The van der Waals surface area contributed by atoms with E-state index < -0.39 is 12.6 Å². The summed E-state index contributed by atoms with van der Waals surface area (Å²) in [6.07, 6.45) is 1.47. The van der Waals surface area contributed by atoms with Crippen LogP contribution in [0.5, 0.6) is 11.5 Å². The Kier molecular flexibility index (Phi) is 7.00. The molecule has 0 radical (unpaired) electrons. The van der Waals surface area contributed by atoms with Gasteiger partial charge in [0.05, 0.1) is 19.8 Å². The lowest BCUT2D eigenvalue weighted by Crippen LogP contribution is -2.41. The Morgan fingerprint density at radius 1 is 1.31 bits per heavy atom. The van der Waals surface area contributed by atoms with Crippen molar-refractivity contribution >= 4 is 18.0 Å². The van der Waals surface area contributed by atoms with Crippen LogP contribution in [0.1, 0.15) is 12.5 Å². The molecule has 0 spiro atoms. The highest BCUT2D eigenvalue weighted by Crippen LogP contribution is 2.29. The minimum absolute atomic E-state index is 0.00792. The largest absolute Gasteiger partial charge is 0.490 e. The van der Waals surface area contributed by atoms with Crippen molar-refractivity contribution in [1.82, 2.24) is 4.90 Å². The fourth-order valence-corrected chi connectivity index (χ4v) is 2.39. The minimum atomic E-state index is -1.10. The van der Waals surface area contributed by atoms with Crippen molar-refractivity contribution in [3.05, 3.63) is 29.3 Å². The normalized spacial score (nSPS) is 14.5. The van der Waals surface area contributed by atoms with E-state index >= 15 is 0 Å². The van der Waals surface area contributed by atoms with Crippen molar-refractivity contribution in [3.8, 4) is 17.6 Å². The van der Waals surface area contributed by atoms with Gasteiger partial charge in [-0.1, -0.05) is 6.07 Å². The summed E-state index contributed by atoms with van der Waals surface area (Å²) in [7, 11) is 0. The van der Waals surface area contributed by atoms with E-state index in [9.17, 15) is 14.9 Å². The highest BCUT2D eigenvalue weighted by Gasteiger charge is 2.20. The summed E-state index contributed by atoms with van der Waals surface area (Å²) in [4.78, 5) is 24.7. The second kappa shape index (κ2) is 9.44. The van der Waals surface area contributed by atoms with Crippen LogP contribution >= 0.6 is 0 Å². The summed E-state index contributed by atoms with van der Waals surface area (Å²) < 4.78 is 15.8. The van der Waals surface area contributed by atoms with E-state index in [4.69, 9.17) is 19.3 Å². The Morgan fingerprint density at radius 2 is 2.04 bits per heavy atom. The molecule has 0 atom stereocenters. The molecule has 1 N–H and O–H groups in total. The molecule has 2 rings (SSSR count). The molecule has 1 aromatic carbocycles. The number of hydrogen-bond donors (Lipinski definition) is 1. The summed E-state index contributed by atoms with van der Waals surface area (Å²) in [5.41, 5.74) is 0.586. The molecule has 1 saturated heterocycles. The van der Waals surface area contributed by atoms with Gasteiger partial charge in [0.1, 0.15) is 11.6 Å². The molecule has 1 aliphatic heterocycles. The van der Waals surface area contributed by atoms with Gasteiger partial charge in [-0.25, -0.2) is 4.79 Å². The maximum Gasteiger partial charge on any atom is 0.341 e. The SMILES string of the molecule is CCOc1cc(C=C(C#N)C(=O)N2CCOCC2)ccc1OCC(=O)O. The lowest BCUT2D eigenvalue weighted by molar-refractivity contribution is -0.139. The van der Waals surface area contributed by atoms with Crippen molar-refractivity contribution in [1.29, 1.82) is 5.26 Å². The number of morpholine rings is 1. The van der Waals surface area contributed by atoms with Gasteiger partial charge >= 0.3 is 5.97 Å². The van der Waals surface area contributed by atoms with Gasteiger partial charge in [0.25, 0.3) is 5.91 Å². The number of aliphatic carboxylic acids is 1. The molecule has 1 aliphatic rings. The lowest BCUT2D eigenvalue weighted by atomic mass is 10.1. The monoisotopic (exact) mass is 360 g/mol. The Balaban J connectivity index is 2.23. The van der Waals surface area contributed by atoms with E-state index in [1.807, 2.05) is 6.07 Å². The van der Waals surface area contributed by atoms with Crippen molar-refractivity contribution in [2.24, 2.45) is 0 Å². The third kappa shape index (κ3) is 5.22. The molecule has 0 aromatic heterocycles. The number of carbonyl (C=O) groups is 2. The number of benzene rings is 1. The minimum Gasteiger partial charge on any atom is -0.490 e. The van der Waals surface area contributed by atoms with Crippen molar-refractivity contribution < 1.29 is 28.9 Å². The predicted octanol–water partition coefficient (Wildman–Crippen LogP) is 1.31. The number of nitriles is 1.